The van der Waals surface area contributed by atoms with Crippen molar-refractivity contribution in [2.45, 2.75) is 19.9 Å². The fraction of sp³-hybridized carbons (Fsp3) is 0.346. The Morgan fingerprint density at radius 2 is 1.69 bits per heavy atom. The molecule has 1 amide bonds. The fourth-order valence-corrected chi connectivity index (χ4v) is 4.58. The second kappa shape index (κ2) is 11.0. The number of aryl methyl sites for hydroxylation is 1. The minimum Gasteiger partial charge on any atom is -0.468 e. The third kappa shape index (κ3) is 5.73. The van der Waals surface area contributed by atoms with E-state index < -0.39 is 6.04 Å². The number of rotatable bonds is 7. The topological polar surface area (TPSA) is 79.7 Å². The number of methoxy groups -OCH3 is 1. The molecule has 0 bridgehead atoms. The summed E-state index contributed by atoms with van der Waals surface area (Å²) >= 11 is 6.01. The monoisotopic (exact) mass is 495 g/mol. The van der Waals surface area contributed by atoms with Gasteiger partial charge in [0.1, 0.15) is 6.04 Å². The molecular formula is C26H30ClN5O3. The Labute approximate surface area is 210 Å². The molecule has 1 atom stereocenters. The standard InChI is InChI=1S/C26H30ClN5O3/c1-18-24(19(2)32(29-18)22-7-5-4-6-8-22)28-23(33)17-30-13-15-31(16-14-30)25(26(34)35-3)20-9-11-21(27)12-10-20/h4-12,25H,13-17H2,1-3H3,(H,28,33). The molecule has 1 aromatic heterocycles. The number of benzene rings is 2. The van der Waals surface area contributed by atoms with Crippen molar-refractivity contribution in [1.29, 1.82) is 0 Å². The van der Waals surface area contributed by atoms with Gasteiger partial charge in [0.05, 0.1) is 36.4 Å². The van der Waals surface area contributed by atoms with Gasteiger partial charge in [-0.05, 0) is 43.7 Å². The third-order valence-corrected chi connectivity index (χ3v) is 6.56. The lowest BCUT2D eigenvalue weighted by molar-refractivity contribution is -0.148. The second-order valence-corrected chi connectivity index (χ2v) is 9.07. The summed E-state index contributed by atoms with van der Waals surface area (Å²) in [7, 11) is 1.40. The van der Waals surface area contributed by atoms with E-state index >= 15 is 0 Å². The molecule has 2 heterocycles. The number of aromatic nitrogens is 2. The van der Waals surface area contributed by atoms with E-state index in [9.17, 15) is 9.59 Å². The first-order chi connectivity index (χ1) is 16.9. The lowest BCUT2D eigenvalue weighted by atomic mass is 10.0. The number of anilines is 1. The number of piperazine rings is 1. The molecule has 1 unspecified atom stereocenters. The highest BCUT2D eigenvalue weighted by Gasteiger charge is 2.31. The Morgan fingerprint density at radius 3 is 2.31 bits per heavy atom. The molecule has 0 radical (unpaired) electrons. The summed E-state index contributed by atoms with van der Waals surface area (Å²) in [5.41, 5.74) is 4.19. The molecule has 1 fully saturated rings. The summed E-state index contributed by atoms with van der Waals surface area (Å²) in [5.74, 6) is -0.389. The van der Waals surface area contributed by atoms with Crippen LogP contribution in [0.2, 0.25) is 5.02 Å². The number of ether oxygens (including phenoxy) is 1. The minimum absolute atomic E-state index is 0.0838. The van der Waals surface area contributed by atoms with E-state index in [-0.39, 0.29) is 18.4 Å². The zero-order valence-electron chi connectivity index (χ0n) is 20.2. The highest BCUT2D eigenvalue weighted by molar-refractivity contribution is 6.30. The molecule has 1 aliphatic heterocycles. The maximum atomic E-state index is 12.9. The van der Waals surface area contributed by atoms with Crippen molar-refractivity contribution in [3.63, 3.8) is 0 Å². The van der Waals surface area contributed by atoms with Crippen LogP contribution in [0.1, 0.15) is 23.0 Å². The Balaban J connectivity index is 1.37. The quantitative estimate of drug-likeness (QED) is 0.504. The third-order valence-electron chi connectivity index (χ3n) is 6.31. The molecule has 1 aliphatic rings. The van der Waals surface area contributed by atoms with Crippen LogP contribution in [-0.4, -0.2) is 71.3 Å². The van der Waals surface area contributed by atoms with Gasteiger partial charge in [0.15, 0.2) is 0 Å². The van der Waals surface area contributed by atoms with Crippen LogP contribution in [0.15, 0.2) is 54.6 Å². The highest BCUT2D eigenvalue weighted by atomic mass is 35.5. The van der Waals surface area contributed by atoms with Gasteiger partial charge in [0.2, 0.25) is 5.91 Å². The molecule has 0 aliphatic carbocycles. The number of carbonyl (C=O) groups excluding carboxylic acids is 2. The summed E-state index contributed by atoms with van der Waals surface area (Å²) in [6, 6.07) is 16.6. The number of halogens is 1. The Hall–Kier alpha value is -3.20. The van der Waals surface area contributed by atoms with Gasteiger partial charge in [0.25, 0.3) is 0 Å². The molecule has 35 heavy (non-hydrogen) atoms. The molecule has 0 spiro atoms. The number of esters is 1. The van der Waals surface area contributed by atoms with Crippen LogP contribution in [-0.2, 0) is 14.3 Å². The summed E-state index contributed by atoms with van der Waals surface area (Å²) in [6.07, 6.45) is 0. The van der Waals surface area contributed by atoms with Crippen LogP contribution in [0.3, 0.4) is 0 Å². The molecule has 9 heteroatoms. The van der Waals surface area contributed by atoms with Crippen molar-refractivity contribution in [3.8, 4) is 5.69 Å². The molecule has 2 aromatic carbocycles. The predicted molar refractivity (Wildman–Crippen MR) is 136 cm³/mol. The van der Waals surface area contributed by atoms with Crippen LogP contribution < -0.4 is 5.32 Å². The van der Waals surface area contributed by atoms with Gasteiger partial charge in [-0.2, -0.15) is 5.10 Å². The predicted octanol–water partition coefficient (Wildman–Crippen LogP) is 3.61. The van der Waals surface area contributed by atoms with Gasteiger partial charge in [-0.3, -0.25) is 14.6 Å². The maximum absolute atomic E-state index is 12.9. The molecule has 4 rings (SSSR count). The van der Waals surface area contributed by atoms with Crippen molar-refractivity contribution in [1.82, 2.24) is 19.6 Å². The van der Waals surface area contributed by atoms with Crippen LogP contribution in [0.25, 0.3) is 5.69 Å². The lowest BCUT2D eigenvalue weighted by Gasteiger charge is -2.38. The summed E-state index contributed by atoms with van der Waals surface area (Å²) in [4.78, 5) is 29.6. The highest BCUT2D eigenvalue weighted by Crippen LogP contribution is 2.26. The first-order valence-electron chi connectivity index (χ1n) is 11.6. The summed E-state index contributed by atoms with van der Waals surface area (Å²) in [5, 5.41) is 8.26. The van der Waals surface area contributed by atoms with Crippen molar-refractivity contribution in [2.24, 2.45) is 0 Å². The average Bonchev–Trinajstić information content (AvgIpc) is 3.15. The summed E-state index contributed by atoms with van der Waals surface area (Å²) < 4.78 is 6.91. The number of carbonyl (C=O) groups is 2. The SMILES string of the molecule is COC(=O)C(c1ccc(Cl)cc1)N1CCN(CC(=O)Nc2c(C)nn(-c3ccccc3)c2C)CC1. The van der Waals surface area contributed by atoms with E-state index in [0.717, 1.165) is 28.3 Å². The molecular weight excluding hydrogens is 466 g/mol. The maximum Gasteiger partial charge on any atom is 0.327 e. The van der Waals surface area contributed by atoms with E-state index in [4.69, 9.17) is 16.3 Å². The van der Waals surface area contributed by atoms with E-state index in [2.05, 4.69) is 20.2 Å². The molecule has 8 nitrogen and oxygen atoms in total. The van der Waals surface area contributed by atoms with E-state index in [1.54, 1.807) is 12.1 Å². The number of para-hydroxylation sites is 1. The molecule has 1 N–H and O–H groups in total. The Morgan fingerprint density at radius 1 is 1.03 bits per heavy atom. The van der Waals surface area contributed by atoms with Gasteiger partial charge in [0, 0.05) is 31.2 Å². The van der Waals surface area contributed by atoms with E-state index in [1.165, 1.54) is 7.11 Å². The van der Waals surface area contributed by atoms with E-state index in [0.29, 0.717) is 31.2 Å². The van der Waals surface area contributed by atoms with Crippen LogP contribution in [0, 0.1) is 13.8 Å². The van der Waals surface area contributed by atoms with Crippen molar-refractivity contribution < 1.29 is 14.3 Å². The first-order valence-corrected chi connectivity index (χ1v) is 12.0. The molecule has 0 saturated carbocycles. The first kappa shape index (κ1) is 24.9. The average molecular weight is 496 g/mol. The van der Waals surface area contributed by atoms with Crippen molar-refractivity contribution in [2.75, 3.05) is 45.2 Å². The smallest absolute Gasteiger partial charge is 0.327 e. The minimum atomic E-state index is -0.498. The van der Waals surface area contributed by atoms with Gasteiger partial charge in [-0.1, -0.05) is 41.9 Å². The molecule has 1 saturated heterocycles. The largest absolute Gasteiger partial charge is 0.468 e. The number of hydrogen-bond acceptors (Lipinski definition) is 6. The van der Waals surface area contributed by atoms with E-state index in [1.807, 2.05) is 61.0 Å². The van der Waals surface area contributed by atoms with Crippen molar-refractivity contribution >= 4 is 29.2 Å². The zero-order valence-corrected chi connectivity index (χ0v) is 21.0. The lowest BCUT2D eigenvalue weighted by Crippen LogP contribution is -2.51. The Kier molecular flexibility index (Phi) is 7.85. The van der Waals surface area contributed by atoms with Gasteiger partial charge in [-0.15, -0.1) is 0 Å². The number of amides is 1. The van der Waals surface area contributed by atoms with Gasteiger partial charge >= 0.3 is 5.97 Å². The Bertz CT molecular complexity index is 1170. The zero-order chi connectivity index (χ0) is 24.9. The number of hydrogen-bond donors (Lipinski definition) is 1. The number of nitrogens with one attached hydrogen (secondary N) is 1. The van der Waals surface area contributed by atoms with Crippen LogP contribution >= 0.6 is 11.6 Å². The number of nitrogens with zero attached hydrogens (tertiary/aromatic N) is 4. The second-order valence-electron chi connectivity index (χ2n) is 8.63. The van der Waals surface area contributed by atoms with Gasteiger partial charge < -0.3 is 10.1 Å². The van der Waals surface area contributed by atoms with Gasteiger partial charge in [-0.25, -0.2) is 9.48 Å². The molecule has 184 valence electrons. The molecule has 3 aromatic rings. The summed E-state index contributed by atoms with van der Waals surface area (Å²) in [6.45, 7) is 6.72. The van der Waals surface area contributed by atoms with Crippen molar-refractivity contribution in [3.05, 3.63) is 76.6 Å². The van der Waals surface area contributed by atoms with Crippen LogP contribution in [0.5, 0.6) is 0 Å². The van der Waals surface area contributed by atoms with Crippen LogP contribution in [0.4, 0.5) is 5.69 Å². The normalized spacial score (nSPS) is 15.5. The fourth-order valence-electron chi connectivity index (χ4n) is 4.46.